The van der Waals surface area contributed by atoms with Gasteiger partial charge in [-0.1, -0.05) is 50.2 Å². The van der Waals surface area contributed by atoms with E-state index in [1.54, 1.807) is 0 Å². The van der Waals surface area contributed by atoms with E-state index in [0.717, 1.165) is 12.1 Å². The Morgan fingerprint density at radius 2 is 1.55 bits per heavy atom. The van der Waals surface area contributed by atoms with Crippen molar-refractivity contribution in [3.8, 4) is 0 Å². The summed E-state index contributed by atoms with van der Waals surface area (Å²) in [6.07, 6.45) is 1.03. The van der Waals surface area contributed by atoms with E-state index >= 15 is 0 Å². The molecule has 1 N–H and O–H groups in total. The molecule has 1 saturated heterocycles. The van der Waals surface area contributed by atoms with Crippen LogP contribution < -0.4 is 5.32 Å². The summed E-state index contributed by atoms with van der Waals surface area (Å²) in [5.74, 6) is 0.461. The molecule has 0 spiro atoms. The molecule has 2 aromatic carbocycles. The quantitative estimate of drug-likeness (QED) is 0.807. The summed E-state index contributed by atoms with van der Waals surface area (Å²) in [6.45, 7) is 8.93. The van der Waals surface area contributed by atoms with E-state index in [9.17, 15) is 9.59 Å². The minimum Gasteiger partial charge on any atom is -0.336 e. The van der Waals surface area contributed by atoms with Crippen LogP contribution in [0.5, 0.6) is 0 Å². The van der Waals surface area contributed by atoms with Gasteiger partial charge in [-0.2, -0.15) is 0 Å². The predicted octanol–water partition coefficient (Wildman–Crippen LogP) is 3.99. The molecule has 5 heteroatoms. The highest BCUT2D eigenvalue weighted by molar-refractivity contribution is 5.95. The zero-order valence-electron chi connectivity index (χ0n) is 17.6. The van der Waals surface area contributed by atoms with Gasteiger partial charge in [0.1, 0.15) is 0 Å². The molecule has 0 aromatic heterocycles. The maximum absolute atomic E-state index is 12.9. The third-order valence-corrected chi connectivity index (χ3v) is 5.91. The lowest BCUT2D eigenvalue weighted by molar-refractivity contribution is -0.121. The Labute approximate surface area is 173 Å². The zero-order valence-corrected chi connectivity index (χ0v) is 17.6. The Morgan fingerprint density at radius 3 is 2.21 bits per heavy atom. The highest BCUT2D eigenvalue weighted by Gasteiger charge is 2.28. The number of para-hydroxylation sites is 1. The molecule has 1 aliphatic heterocycles. The average Bonchev–Trinajstić information content (AvgIpc) is 2.78. The van der Waals surface area contributed by atoms with Gasteiger partial charge in [0.2, 0.25) is 5.91 Å². The maximum atomic E-state index is 12.9. The van der Waals surface area contributed by atoms with E-state index in [2.05, 4.69) is 30.1 Å². The molecule has 0 unspecified atom stereocenters. The molecule has 5 nitrogen and oxygen atoms in total. The number of piperazine rings is 1. The summed E-state index contributed by atoms with van der Waals surface area (Å²) in [6, 6.07) is 17.2. The minimum absolute atomic E-state index is 0.00332. The minimum atomic E-state index is -0.242. The second-order valence-electron chi connectivity index (χ2n) is 7.76. The molecule has 2 amide bonds. The van der Waals surface area contributed by atoms with Crippen LogP contribution >= 0.6 is 0 Å². The first-order valence-corrected chi connectivity index (χ1v) is 10.5. The van der Waals surface area contributed by atoms with Crippen LogP contribution in [0, 0.1) is 0 Å². The van der Waals surface area contributed by atoms with Gasteiger partial charge in [0.15, 0.2) is 0 Å². The van der Waals surface area contributed by atoms with Crippen molar-refractivity contribution in [1.82, 2.24) is 9.80 Å². The van der Waals surface area contributed by atoms with Crippen molar-refractivity contribution in [2.24, 2.45) is 0 Å². The Kier molecular flexibility index (Phi) is 7.04. The topological polar surface area (TPSA) is 52.7 Å². The van der Waals surface area contributed by atoms with E-state index in [4.69, 9.17) is 0 Å². The lowest BCUT2D eigenvalue weighted by atomic mass is 9.97. The van der Waals surface area contributed by atoms with Crippen molar-refractivity contribution in [1.29, 1.82) is 0 Å². The SMILES string of the molecule is CC[C@@H](C)c1ccccc1NC(=O)[C@H](C)N1CCN(C(=O)c2ccccc2)CC1. The summed E-state index contributed by atoms with van der Waals surface area (Å²) in [7, 11) is 0. The molecule has 1 fully saturated rings. The summed E-state index contributed by atoms with van der Waals surface area (Å²) >= 11 is 0. The Morgan fingerprint density at radius 1 is 0.931 bits per heavy atom. The lowest BCUT2D eigenvalue weighted by Gasteiger charge is -2.37. The highest BCUT2D eigenvalue weighted by atomic mass is 16.2. The smallest absolute Gasteiger partial charge is 0.253 e. The number of hydrogen-bond acceptors (Lipinski definition) is 3. The number of anilines is 1. The molecule has 1 aliphatic rings. The van der Waals surface area contributed by atoms with Gasteiger partial charge in [0.25, 0.3) is 5.91 Å². The number of nitrogens with one attached hydrogen (secondary N) is 1. The molecule has 154 valence electrons. The first-order valence-electron chi connectivity index (χ1n) is 10.5. The summed E-state index contributed by atoms with van der Waals surface area (Å²) in [5, 5.41) is 3.12. The van der Waals surface area contributed by atoms with E-state index in [1.807, 2.05) is 60.4 Å². The Hall–Kier alpha value is -2.66. The molecule has 0 radical (unpaired) electrons. The molecule has 2 atom stereocenters. The number of nitrogens with zero attached hydrogens (tertiary/aromatic N) is 2. The van der Waals surface area contributed by atoms with Crippen LogP contribution in [0.3, 0.4) is 0 Å². The zero-order chi connectivity index (χ0) is 20.8. The van der Waals surface area contributed by atoms with Gasteiger partial charge in [-0.3, -0.25) is 14.5 Å². The fraction of sp³-hybridized carbons (Fsp3) is 0.417. The van der Waals surface area contributed by atoms with Crippen molar-refractivity contribution in [2.45, 2.75) is 39.2 Å². The van der Waals surface area contributed by atoms with Gasteiger partial charge in [-0.15, -0.1) is 0 Å². The molecule has 0 aliphatic carbocycles. The van der Waals surface area contributed by atoms with Gasteiger partial charge < -0.3 is 10.2 Å². The van der Waals surface area contributed by atoms with Crippen LogP contribution in [-0.4, -0.2) is 53.8 Å². The summed E-state index contributed by atoms with van der Waals surface area (Å²) in [4.78, 5) is 29.5. The molecular weight excluding hydrogens is 362 g/mol. The predicted molar refractivity (Wildman–Crippen MR) is 117 cm³/mol. The maximum Gasteiger partial charge on any atom is 0.253 e. The van der Waals surface area contributed by atoms with Gasteiger partial charge >= 0.3 is 0 Å². The first kappa shape index (κ1) is 21.1. The van der Waals surface area contributed by atoms with Crippen LogP contribution in [0.1, 0.15) is 49.0 Å². The van der Waals surface area contributed by atoms with E-state index in [-0.39, 0.29) is 17.9 Å². The van der Waals surface area contributed by atoms with Crippen molar-refractivity contribution in [3.05, 3.63) is 65.7 Å². The van der Waals surface area contributed by atoms with Gasteiger partial charge in [-0.25, -0.2) is 0 Å². The number of carbonyl (C=O) groups is 2. The first-order chi connectivity index (χ1) is 14.0. The average molecular weight is 394 g/mol. The third-order valence-electron chi connectivity index (χ3n) is 5.91. The molecule has 1 heterocycles. The fourth-order valence-electron chi connectivity index (χ4n) is 3.74. The van der Waals surface area contributed by atoms with Gasteiger partial charge in [0, 0.05) is 37.4 Å². The number of hydrogen-bond donors (Lipinski definition) is 1. The normalized spacial score (nSPS) is 16.9. The molecular formula is C24H31N3O2. The van der Waals surface area contributed by atoms with Crippen LogP contribution in [0.15, 0.2) is 54.6 Å². The molecule has 3 rings (SSSR count). The van der Waals surface area contributed by atoms with Crippen molar-refractivity contribution in [3.63, 3.8) is 0 Å². The van der Waals surface area contributed by atoms with Crippen LogP contribution in [0.2, 0.25) is 0 Å². The summed E-state index contributed by atoms with van der Waals surface area (Å²) < 4.78 is 0. The third kappa shape index (κ3) is 5.04. The fourth-order valence-corrected chi connectivity index (χ4v) is 3.74. The van der Waals surface area contributed by atoms with Gasteiger partial charge in [0.05, 0.1) is 6.04 Å². The lowest BCUT2D eigenvalue weighted by Crippen LogP contribution is -2.54. The second kappa shape index (κ2) is 9.70. The molecule has 2 aromatic rings. The molecule has 0 saturated carbocycles. The monoisotopic (exact) mass is 393 g/mol. The highest BCUT2D eigenvalue weighted by Crippen LogP contribution is 2.26. The number of carbonyl (C=O) groups excluding carboxylic acids is 2. The second-order valence-corrected chi connectivity index (χ2v) is 7.76. The van der Waals surface area contributed by atoms with Gasteiger partial charge in [-0.05, 0) is 43.0 Å². The Bertz CT molecular complexity index is 829. The van der Waals surface area contributed by atoms with Crippen molar-refractivity contribution >= 4 is 17.5 Å². The molecule has 0 bridgehead atoms. The largest absolute Gasteiger partial charge is 0.336 e. The van der Waals surface area contributed by atoms with Crippen LogP contribution in [-0.2, 0) is 4.79 Å². The van der Waals surface area contributed by atoms with Crippen molar-refractivity contribution < 1.29 is 9.59 Å². The summed E-state index contributed by atoms with van der Waals surface area (Å²) in [5.41, 5.74) is 2.79. The van der Waals surface area contributed by atoms with E-state index in [1.165, 1.54) is 5.56 Å². The van der Waals surface area contributed by atoms with Crippen LogP contribution in [0.4, 0.5) is 5.69 Å². The van der Waals surface area contributed by atoms with Crippen LogP contribution in [0.25, 0.3) is 0 Å². The van der Waals surface area contributed by atoms with Crippen molar-refractivity contribution in [2.75, 3.05) is 31.5 Å². The number of amides is 2. The Balaban J connectivity index is 1.57. The number of rotatable bonds is 6. The number of benzene rings is 2. The van der Waals surface area contributed by atoms with E-state index < -0.39 is 0 Å². The van der Waals surface area contributed by atoms with E-state index in [0.29, 0.717) is 37.7 Å². The standard InChI is InChI=1S/C24H31N3O2/c1-4-18(2)21-12-8-9-13-22(21)25-23(28)19(3)26-14-16-27(17-15-26)24(29)20-10-6-5-7-11-20/h5-13,18-19H,4,14-17H2,1-3H3,(H,25,28)/t18-,19+/m1/s1. The molecule has 29 heavy (non-hydrogen) atoms.